The Morgan fingerprint density at radius 2 is 1.79 bits per heavy atom. The Balaban J connectivity index is 1.59. The topological polar surface area (TPSA) is 97.5 Å². The minimum absolute atomic E-state index is 0.262. The number of carbonyl (C=O) groups is 1. The van der Waals surface area contributed by atoms with E-state index in [9.17, 15) is 10.1 Å². The molecule has 1 N–H and O–H groups in total. The number of nitriles is 1. The van der Waals surface area contributed by atoms with Crippen LogP contribution in [0.1, 0.15) is 5.82 Å². The zero-order valence-corrected chi connectivity index (χ0v) is 18.6. The van der Waals surface area contributed by atoms with Gasteiger partial charge in [-0.15, -0.1) is 0 Å². The number of aromatic amines is 1. The van der Waals surface area contributed by atoms with Crippen LogP contribution in [0, 0.1) is 11.3 Å². The molecule has 1 aliphatic heterocycles. The second-order valence-electron chi connectivity index (χ2n) is 7.07. The first-order valence-electron chi connectivity index (χ1n) is 9.95. The van der Waals surface area contributed by atoms with Gasteiger partial charge < -0.3 is 4.98 Å². The maximum absolute atomic E-state index is 13.4. The molecule has 0 saturated carbocycles. The summed E-state index contributed by atoms with van der Waals surface area (Å²) in [6.45, 7) is 0. The number of anilines is 1. The van der Waals surface area contributed by atoms with Crippen LogP contribution in [-0.2, 0) is 4.79 Å². The number of rotatable bonds is 4. The van der Waals surface area contributed by atoms with Crippen molar-refractivity contribution < 1.29 is 4.79 Å². The molecule has 1 aromatic heterocycles. The minimum Gasteiger partial charge on any atom is -0.337 e. The molecule has 3 aromatic carbocycles. The molecular weight excluding hydrogens is 456 g/mol. The largest absolute Gasteiger partial charge is 0.337 e. The Kier molecular flexibility index (Phi) is 5.65. The third kappa shape index (κ3) is 4.12. The van der Waals surface area contributed by atoms with Gasteiger partial charge >= 0.3 is 0 Å². The highest BCUT2D eigenvalue weighted by Crippen LogP contribution is 2.43. The van der Waals surface area contributed by atoms with Crippen LogP contribution in [-0.4, -0.2) is 21.2 Å². The van der Waals surface area contributed by atoms with Crippen molar-refractivity contribution in [3.8, 4) is 6.07 Å². The van der Waals surface area contributed by atoms with E-state index >= 15 is 0 Å². The number of H-pyrrole nitrogens is 1. The molecule has 2 heterocycles. The quantitative estimate of drug-likeness (QED) is 0.279. The molecular formula is C24H15ClN6OS. The molecule has 33 heavy (non-hydrogen) atoms. The van der Waals surface area contributed by atoms with E-state index in [0.29, 0.717) is 27.3 Å². The third-order valence-corrected chi connectivity index (χ3v) is 6.31. The highest BCUT2D eigenvalue weighted by molar-refractivity contribution is 8.05. The highest BCUT2D eigenvalue weighted by Gasteiger charge is 2.40. The monoisotopic (exact) mass is 470 g/mol. The summed E-state index contributed by atoms with van der Waals surface area (Å²) in [5, 5.41) is 18.7. The number of carbonyl (C=O) groups excluding carboxylic acids is 1. The molecule has 9 heteroatoms. The van der Waals surface area contributed by atoms with Crippen LogP contribution >= 0.6 is 23.4 Å². The predicted octanol–water partition coefficient (Wildman–Crippen LogP) is 6.30. The Hall–Kier alpha value is -3.93. The summed E-state index contributed by atoms with van der Waals surface area (Å²) in [5.41, 5.74) is 3.02. The second kappa shape index (κ2) is 8.90. The Bertz CT molecular complexity index is 1410. The lowest BCUT2D eigenvalue weighted by molar-refractivity contribution is -0.117. The number of amides is 1. The van der Waals surface area contributed by atoms with E-state index in [0.717, 1.165) is 11.0 Å². The van der Waals surface area contributed by atoms with Gasteiger partial charge in [-0.25, -0.2) is 4.98 Å². The summed E-state index contributed by atoms with van der Waals surface area (Å²) in [4.78, 5) is 22.6. The molecule has 1 saturated heterocycles. The molecule has 160 valence electrons. The van der Waals surface area contributed by atoms with Crippen molar-refractivity contribution in [1.82, 2.24) is 9.97 Å². The molecule has 1 atom stereocenters. The zero-order valence-electron chi connectivity index (χ0n) is 17.0. The number of hydrogen-bond acceptors (Lipinski definition) is 6. The van der Waals surface area contributed by atoms with Crippen LogP contribution in [0.2, 0.25) is 5.02 Å². The molecule has 1 aliphatic rings. The average molecular weight is 471 g/mol. The summed E-state index contributed by atoms with van der Waals surface area (Å²) < 4.78 is 0. The molecule has 0 spiro atoms. The summed E-state index contributed by atoms with van der Waals surface area (Å²) >= 11 is 7.09. The van der Waals surface area contributed by atoms with Gasteiger partial charge in [0.1, 0.15) is 16.7 Å². The van der Waals surface area contributed by atoms with E-state index in [1.165, 1.54) is 16.7 Å². The summed E-state index contributed by atoms with van der Waals surface area (Å²) in [7, 11) is 0. The Morgan fingerprint density at radius 3 is 2.52 bits per heavy atom. The molecule has 7 nitrogen and oxygen atoms in total. The molecule has 1 unspecified atom stereocenters. The van der Waals surface area contributed by atoms with Gasteiger partial charge in [0.25, 0.3) is 5.91 Å². The van der Waals surface area contributed by atoms with Crippen LogP contribution in [0.25, 0.3) is 16.6 Å². The lowest BCUT2D eigenvalue weighted by Gasteiger charge is -2.17. The number of para-hydroxylation sites is 3. The first-order chi connectivity index (χ1) is 16.1. The number of hydrogen-bond donors (Lipinski definition) is 1. The average Bonchev–Trinajstić information content (AvgIpc) is 3.41. The SMILES string of the molecule is N#C/C(=C1/SC(N=Nc2ccc(Cl)cc2)C(=O)N1c1ccccc1)c1nc2ccccc2[nH]1. The Labute approximate surface area is 198 Å². The van der Waals surface area contributed by atoms with Gasteiger partial charge in [0, 0.05) is 10.7 Å². The fraction of sp³-hybridized carbons (Fsp3) is 0.0417. The molecule has 0 radical (unpaired) electrons. The maximum Gasteiger partial charge on any atom is 0.269 e. The van der Waals surface area contributed by atoms with Gasteiger partial charge in [-0.1, -0.05) is 53.7 Å². The van der Waals surface area contributed by atoms with E-state index < -0.39 is 5.37 Å². The van der Waals surface area contributed by atoms with Crippen LogP contribution in [0.5, 0.6) is 0 Å². The van der Waals surface area contributed by atoms with Crippen molar-refractivity contribution in [3.05, 3.63) is 94.7 Å². The van der Waals surface area contributed by atoms with E-state index in [2.05, 4.69) is 26.3 Å². The van der Waals surface area contributed by atoms with E-state index in [1.807, 2.05) is 54.6 Å². The minimum atomic E-state index is -0.844. The first kappa shape index (κ1) is 20.9. The van der Waals surface area contributed by atoms with Crippen molar-refractivity contribution in [2.45, 2.75) is 5.37 Å². The molecule has 1 fully saturated rings. The number of thioether (sulfide) groups is 1. The number of nitrogens with one attached hydrogen (secondary N) is 1. The summed E-state index contributed by atoms with van der Waals surface area (Å²) in [6, 6.07) is 25.7. The lowest BCUT2D eigenvalue weighted by Crippen LogP contribution is -2.28. The van der Waals surface area contributed by atoms with Crippen molar-refractivity contribution in [1.29, 1.82) is 5.26 Å². The number of nitrogens with zero attached hydrogens (tertiary/aromatic N) is 5. The highest BCUT2D eigenvalue weighted by atomic mass is 35.5. The van der Waals surface area contributed by atoms with Gasteiger partial charge in [-0.05, 0) is 48.5 Å². The molecule has 0 bridgehead atoms. The number of aromatic nitrogens is 2. The molecule has 4 aromatic rings. The van der Waals surface area contributed by atoms with Gasteiger partial charge in [0.05, 0.1) is 16.7 Å². The molecule has 1 amide bonds. The van der Waals surface area contributed by atoms with Crippen molar-refractivity contribution >= 4 is 57.3 Å². The van der Waals surface area contributed by atoms with Gasteiger partial charge in [0.2, 0.25) is 5.37 Å². The van der Waals surface area contributed by atoms with E-state index in [-0.39, 0.29) is 11.5 Å². The van der Waals surface area contributed by atoms with Crippen molar-refractivity contribution in [2.75, 3.05) is 4.90 Å². The van der Waals surface area contributed by atoms with Gasteiger partial charge in [0.15, 0.2) is 5.82 Å². The van der Waals surface area contributed by atoms with Crippen molar-refractivity contribution in [2.24, 2.45) is 10.2 Å². The fourth-order valence-electron chi connectivity index (χ4n) is 3.38. The summed E-state index contributed by atoms with van der Waals surface area (Å²) in [6.07, 6.45) is 0. The zero-order chi connectivity index (χ0) is 22.8. The number of imidazole rings is 1. The second-order valence-corrected chi connectivity index (χ2v) is 8.57. The maximum atomic E-state index is 13.4. The van der Waals surface area contributed by atoms with Gasteiger partial charge in [-0.3, -0.25) is 9.69 Å². The van der Waals surface area contributed by atoms with Crippen LogP contribution < -0.4 is 4.90 Å². The Morgan fingerprint density at radius 1 is 1.06 bits per heavy atom. The molecule has 5 rings (SSSR count). The fourth-order valence-corrected chi connectivity index (χ4v) is 4.58. The molecule has 0 aliphatic carbocycles. The van der Waals surface area contributed by atoms with Crippen molar-refractivity contribution in [3.63, 3.8) is 0 Å². The normalized spacial score (nSPS) is 17.6. The third-order valence-electron chi connectivity index (χ3n) is 4.93. The number of azo groups is 1. The van der Waals surface area contributed by atoms with Crippen LogP contribution in [0.4, 0.5) is 11.4 Å². The smallest absolute Gasteiger partial charge is 0.269 e. The lowest BCUT2D eigenvalue weighted by atomic mass is 10.2. The first-order valence-corrected chi connectivity index (χ1v) is 11.2. The number of benzene rings is 3. The predicted molar refractivity (Wildman–Crippen MR) is 130 cm³/mol. The van der Waals surface area contributed by atoms with Crippen LogP contribution in [0.15, 0.2) is 94.1 Å². The van der Waals surface area contributed by atoms with Crippen LogP contribution in [0.3, 0.4) is 0 Å². The van der Waals surface area contributed by atoms with E-state index in [1.54, 1.807) is 24.3 Å². The van der Waals surface area contributed by atoms with E-state index in [4.69, 9.17) is 11.6 Å². The summed E-state index contributed by atoms with van der Waals surface area (Å²) in [5.74, 6) is 0.105. The number of fused-ring (bicyclic) bond motifs is 1. The number of allylic oxidation sites excluding steroid dienone is 1. The van der Waals surface area contributed by atoms with Gasteiger partial charge in [-0.2, -0.15) is 15.5 Å². The standard InChI is InChI=1S/C24H15ClN6OS/c25-15-10-12-16(13-11-15)29-30-22-23(32)31(17-6-2-1-3-7-17)24(33-22)18(14-26)21-27-19-8-4-5-9-20(19)28-21/h1-13,22H,(H,27,28)/b24-18-,30-29?. The number of halogens is 1.